The van der Waals surface area contributed by atoms with Crippen LogP contribution in [-0.4, -0.2) is 74.2 Å². The number of carbonyl (C=O) groups excluding carboxylic acids is 4. The van der Waals surface area contributed by atoms with Crippen molar-refractivity contribution in [3.63, 3.8) is 0 Å². The lowest BCUT2D eigenvalue weighted by atomic mass is 9.96. The second kappa shape index (κ2) is 11.8. The summed E-state index contributed by atoms with van der Waals surface area (Å²) in [6, 6.07) is -1.10. The van der Waals surface area contributed by atoms with Crippen molar-refractivity contribution < 1.29 is 42.9 Å². The van der Waals surface area contributed by atoms with Crippen LogP contribution in [0.5, 0.6) is 0 Å². The van der Waals surface area contributed by atoms with E-state index in [1.807, 2.05) is 0 Å². The molecule has 1 rings (SSSR count). The molecular weight excluding hydrogens is 392 g/mol. The maximum absolute atomic E-state index is 12.1. The number of esters is 3. The second-order valence-corrected chi connectivity index (χ2v) is 5.93. The zero-order chi connectivity index (χ0) is 22.0. The number of rotatable bonds is 9. The molecule has 1 unspecified atom stereocenters. The van der Waals surface area contributed by atoms with Crippen molar-refractivity contribution in [2.24, 2.45) is 5.11 Å². The van der Waals surface area contributed by atoms with Crippen LogP contribution in [0, 0.1) is 0 Å². The summed E-state index contributed by atoms with van der Waals surface area (Å²) in [4.78, 5) is 49.0. The summed E-state index contributed by atoms with van der Waals surface area (Å²) in [5.41, 5.74) is 8.37. The van der Waals surface area contributed by atoms with Crippen molar-refractivity contribution >= 4 is 23.8 Å². The molecule has 13 heteroatoms. The standard InChI is InChI=1S/C16H24N4O9/c1-5-25-16-13(19-12(24)6-18-20-17)15(28-10(4)23)14(27-9(3)22)11(29-16)7-26-8(2)21/h11,13-16H,5-7H2,1-4H3,(H,19,24)/t11-,13+,14-,15-,16?/m1/s1. The predicted octanol–water partition coefficient (Wildman–Crippen LogP) is -0.0306. The number of hydrogen-bond donors (Lipinski definition) is 1. The van der Waals surface area contributed by atoms with Gasteiger partial charge in [-0.1, -0.05) is 5.11 Å². The van der Waals surface area contributed by atoms with Gasteiger partial charge in [0.15, 0.2) is 18.5 Å². The molecule has 1 N–H and O–H groups in total. The number of amides is 1. The van der Waals surface area contributed by atoms with Crippen LogP contribution in [0.1, 0.15) is 27.7 Å². The van der Waals surface area contributed by atoms with Crippen molar-refractivity contribution in [2.45, 2.75) is 58.3 Å². The molecule has 0 bridgehead atoms. The van der Waals surface area contributed by atoms with E-state index in [1.165, 1.54) is 6.92 Å². The molecule has 162 valence electrons. The number of azide groups is 1. The molecule has 29 heavy (non-hydrogen) atoms. The van der Waals surface area contributed by atoms with Crippen LogP contribution in [0.2, 0.25) is 0 Å². The summed E-state index contributed by atoms with van der Waals surface area (Å²) in [6.45, 7) is 4.46. The van der Waals surface area contributed by atoms with Crippen molar-refractivity contribution in [3.05, 3.63) is 10.4 Å². The average molecular weight is 416 g/mol. The number of ether oxygens (including phenoxy) is 5. The molecule has 1 aliphatic heterocycles. The maximum Gasteiger partial charge on any atom is 0.303 e. The molecule has 5 atom stereocenters. The van der Waals surface area contributed by atoms with E-state index >= 15 is 0 Å². The molecule has 0 aromatic heterocycles. The summed E-state index contributed by atoms with van der Waals surface area (Å²) in [6.07, 6.45) is -4.60. The zero-order valence-electron chi connectivity index (χ0n) is 16.5. The molecule has 1 aliphatic rings. The minimum absolute atomic E-state index is 0.165. The third-order valence-electron chi connectivity index (χ3n) is 3.64. The Hall–Kier alpha value is -2.89. The van der Waals surface area contributed by atoms with Crippen molar-refractivity contribution in [1.82, 2.24) is 5.32 Å². The monoisotopic (exact) mass is 416 g/mol. The first-order chi connectivity index (χ1) is 13.7. The third kappa shape index (κ3) is 7.94. The van der Waals surface area contributed by atoms with E-state index in [2.05, 4.69) is 15.3 Å². The number of carbonyl (C=O) groups is 4. The van der Waals surface area contributed by atoms with E-state index in [-0.39, 0.29) is 13.2 Å². The van der Waals surface area contributed by atoms with Gasteiger partial charge < -0.3 is 29.0 Å². The first kappa shape index (κ1) is 24.1. The lowest BCUT2D eigenvalue weighted by Crippen LogP contribution is -2.67. The molecule has 1 amide bonds. The van der Waals surface area contributed by atoms with E-state index in [1.54, 1.807) is 6.92 Å². The Morgan fingerprint density at radius 3 is 2.21 bits per heavy atom. The molecule has 0 aromatic rings. The minimum atomic E-state index is -1.22. The summed E-state index contributed by atoms with van der Waals surface area (Å²) >= 11 is 0. The number of hydrogen-bond acceptors (Lipinski definition) is 10. The van der Waals surface area contributed by atoms with E-state index in [0.717, 1.165) is 13.8 Å². The summed E-state index contributed by atoms with van der Waals surface area (Å²) < 4.78 is 26.7. The van der Waals surface area contributed by atoms with E-state index in [9.17, 15) is 19.2 Å². The Morgan fingerprint density at radius 1 is 1.07 bits per heavy atom. The van der Waals surface area contributed by atoms with Crippen molar-refractivity contribution in [3.8, 4) is 0 Å². The zero-order valence-corrected chi connectivity index (χ0v) is 16.5. The van der Waals surface area contributed by atoms with Crippen molar-refractivity contribution in [2.75, 3.05) is 19.8 Å². The van der Waals surface area contributed by atoms with Crippen LogP contribution in [0.25, 0.3) is 10.4 Å². The normalized spacial score (nSPS) is 25.9. The molecule has 0 saturated carbocycles. The molecule has 13 nitrogen and oxygen atoms in total. The average Bonchev–Trinajstić information content (AvgIpc) is 2.62. The van der Waals surface area contributed by atoms with Gasteiger partial charge in [-0.2, -0.15) is 0 Å². The van der Waals surface area contributed by atoms with Crippen LogP contribution in [-0.2, 0) is 42.9 Å². The molecular formula is C16H24N4O9. The molecule has 0 radical (unpaired) electrons. The highest BCUT2D eigenvalue weighted by atomic mass is 16.7. The molecule has 1 saturated heterocycles. The van der Waals surface area contributed by atoms with Crippen LogP contribution in [0.3, 0.4) is 0 Å². The van der Waals surface area contributed by atoms with Gasteiger partial charge in [0, 0.05) is 32.3 Å². The summed E-state index contributed by atoms with van der Waals surface area (Å²) in [7, 11) is 0. The van der Waals surface area contributed by atoms with E-state index in [4.69, 9.17) is 29.2 Å². The Balaban J connectivity index is 3.25. The highest BCUT2D eigenvalue weighted by molar-refractivity contribution is 5.78. The first-order valence-corrected chi connectivity index (χ1v) is 8.74. The third-order valence-corrected chi connectivity index (χ3v) is 3.64. The minimum Gasteiger partial charge on any atom is -0.463 e. The molecule has 0 spiro atoms. The number of nitrogens with one attached hydrogen (secondary N) is 1. The van der Waals surface area contributed by atoms with Crippen molar-refractivity contribution in [1.29, 1.82) is 0 Å². The fraction of sp³-hybridized carbons (Fsp3) is 0.750. The van der Waals surface area contributed by atoms with Gasteiger partial charge in [-0.05, 0) is 12.5 Å². The lowest BCUT2D eigenvalue weighted by Gasteiger charge is -2.44. The Morgan fingerprint density at radius 2 is 1.69 bits per heavy atom. The molecule has 1 fully saturated rings. The smallest absolute Gasteiger partial charge is 0.303 e. The van der Waals surface area contributed by atoms with Gasteiger partial charge >= 0.3 is 17.9 Å². The first-order valence-electron chi connectivity index (χ1n) is 8.74. The largest absolute Gasteiger partial charge is 0.463 e. The van der Waals surface area contributed by atoms with Crippen LogP contribution in [0.15, 0.2) is 5.11 Å². The second-order valence-electron chi connectivity index (χ2n) is 5.93. The van der Waals surface area contributed by atoms with Crippen LogP contribution >= 0.6 is 0 Å². The SMILES string of the molecule is CCOC1O[C@H](COC(C)=O)[C@@H](OC(C)=O)[C@H](OC(C)=O)[C@@H]1NC(=O)CN=[N+]=[N-]. The van der Waals surface area contributed by atoms with Gasteiger partial charge in [0.25, 0.3) is 0 Å². The van der Waals surface area contributed by atoms with Gasteiger partial charge in [0.1, 0.15) is 25.3 Å². The quantitative estimate of drug-likeness (QED) is 0.178. The fourth-order valence-electron chi connectivity index (χ4n) is 2.69. The highest BCUT2D eigenvalue weighted by Crippen LogP contribution is 2.27. The highest BCUT2D eigenvalue weighted by Gasteiger charge is 2.51. The maximum atomic E-state index is 12.1. The van der Waals surface area contributed by atoms with Gasteiger partial charge in [0.05, 0.1) is 0 Å². The predicted molar refractivity (Wildman–Crippen MR) is 94.0 cm³/mol. The number of nitrogens with zero attached hydrogens (tertiary/aromatic N) is 3. The van der Waals surface area contributed by atoms with E-state index < -0.39 is 61.0 Å². The molecule has 0 aliphatic carbocycles. The summed E-state index contributed by atoms with van der Waals surface area (Å²) in [5, 5.41) is 5.66. The lowest BCUT2D eigenvalue weighted by molar-refractivity contribution is -0.276. The molecule has 1 heterocycles. The Kier molecular flexibility index (Phi) is 9.86. The van der Waals surface area contributed by atoms with E-state index in [0.29, 0.717) is 0 Å². The topological polar surface area (TPSA) is 175 Å². The van der Waals surface area contributed by atoms with Gasteiger partial charge in [-0.15, -0.1) is 0 Å². The Bertz CT molecular complexity index is 665. The van der Waals surface area contributed by atoms with Gasteiger partial charge in [-0.3, -0.25) is 19.2 Å². The van der Waals surface area contributed by atoms with Gasteiger partial charge in [-0.25, -0.2) is 0 Å². The van der Waals surface area contributed by atoms with Gasteiger partial charge in [0.2, 0.25) is 5.91 Å². The van der Waals surface area contributed by atoms with Crippen LogP contribution in [0.4, 0.5) is 0 Å². The Labute approximate surface area is 166 Å². The summed E-state index contributed by atoms with van der Waals surface area (Å²) in [5.74, 6) is -2.72. The van der Waals surface area contributed by atoms with Crippen LogP contribution < -0.4 is 5.32 Å². The fourth-order valence-corrected chi connectivity index (χ4v) is 2.69. The molecule has 0 aromatic carbocycles.